The van der Waals surface area contributed by atoms with Gasteiger partial charge in [-0.1, -0.05) is 33.6 Å². The van der Waals surface area contributed by atoms with E-state index in [1.54, 1.807) is 0 Å². The summed E-state index contributed by atoms with van der Waals surface area (Å²) in [6.45, 7) is 9.60. The van der Waals surface area contributed by atoms with Gasteiger partial charge in [-0.05, 0) is 19.8 Å². The summed E-state index contributed by atoms with van der Waals surface area (Å²) in [6, 6.07) is 0. The third-order valence-electron chi connectivity index (χ3n) is 2.96. The van der Waals surface area contributed by atoms with Crippen molar-refractivity contribution in [1.82, 2.24) is 9.55 Å². The maximum Gasteiger partial charge on any atom is 0.126 e. The van der Waals surface area contributed by atoms with E-state index < -0.39 is 0 Å². The van der Waals surface area contributed by atoms with Gasteiger partial charge in [-0.25, -0.2) is 4.98 Å². The summed E-state index contributed by atoms with van der Waals surface area (Å²) in [5.41, 5.74) is 7.23. The number of hydrogen-bond acceptors (Lipinski definition) is 2. The highest BCUT2D eigenvalue weighted by atomic mass is 15.1. The maximum absolute atomic E-state index is 6.14. The minimum atomic E-state index is 0.446. The van der Waals surface area contributed by atoms with Crippen molar-refractivity contribution in [1.29, 1.82) is 0 Å². The van der Waals surface area contributed by atoms with Crippen molar-refractivity contribution in [2.24, 2.45) is 0 Å². The van der Waals surface area contributed by atoms with Gasteiger partial charge in [0.1, 0.15) is 11.6 Å². The zero-order chi connectivity index (χ0) is 12.1. The van der Waals surface area contributed by atoms with Gasteiger partial charge in [0.05, 0.1) is 5.69 Å². The number of nitrogens with two attached hydrogens (primary N) is 1. The number of hydrogen-bond donors (Lipinski definition) is 1. The Balaban J connectivity index is 2.85. The molecule has 0 aromatic carbocycles. The van der Waals surface area contributed by atoms with Crippen LogP contribution < -0.4 is 5.73 Å². The molecule has 0 saturated heterocycles. The predicted molar refractivity (Wildman–Crippen MR) is 69.6 cm³/mol. The average Bonchev–Trinajstić information content (AvgIpc) is 2.56. The minimum Gasteiger partial charge on any atom is -0.384 e. The lowest BCUT2D eigenvalue weighted by molar-refractivity contribution is 0.657. The molecule has 3 heteroatoms. The lowest BCUT2D eigenvalue weighted by atomic mass is 10.1. The summed E-state index contributed by atoms with van der Waals surface area (Å²) in [7, 11) is 0. The molecule has 0 bridgehead atoms. The van der Waals surface area contributed by atoms with Crippen LogP contribution in [-0.4, -0.2) is 9.55 Å². The van der Waals surface area contributed by atoms with Crippen LogP contribution in [0.3, 0.4) is 0 Å². The second-order valence-corrected chi connectivity index (χ2v) is 4.66. The SMILES string of the molecule is CCCCCc1nc(C(C)C)n(CC)c1N. The van der Waals surface area contributed by atoms with Crippen molar-refractivity contribution >= 4 is 5.82 Å². The van der Waals surface area contributed by atoms with Crippen molar-refractivity contribution in [3.63, 3.8) is 0 Å². The zero-order valence-corrected chi connectivity index (χ0v) is 11.1. The lowest BCUT2D eigenvalue weighted by Gasteiger charge is -2.08. The highest BCUT2D eigenvalue weighted by Gasteiger charge is 2.15. The van der Waals surface area contributed by atoms with Crippen molar-refractivity contribution < 1.29 is 0 Å². The molecule has 1 aromatic heterocycles. The molecule has 0 atom stereocenters. The minimum absolute atomic E-state index is 0.446. The smallest absolute Gasteiger partial charge is 0.126 e. The van der Waals surface area contributed by atoms with Crippen LogP contribution in [0.25, 0.3) is 0 Å². The normalized spacial score (nSPS) is 11.3. The van der Waals surface area contributed by atoms with E-state index in [9.17, 15) is 0 Å². The molecular formula is C13H25N3. The predicted octanol–water partition coefficient (Wildman–Crippen LogP) is 3.34. The van der Waals surface area contributed by atoms with E-state index >= 15 is 0 Å². The zero-order valence-electron chi connectivity index (χ0n) is 11.1. The first-order valence-corrected chi connectivity index (χ1v) is 6.46. The Morgan fingerprint density at radius 1 is 1.25 bits per heavy atom. The molecule has 0 radical (unpaired) electrons. The number of aryl methyl sites for hydroxylation is 1. The van der Waals surface area contributed by atoms with Gasteiger partial charge in [0.15, 0.2) is 0 Å². The molecule has 0 aliphatic heterocycles. The van der Waals surface area contributed by atoms with E-state index in [2.05, 4.69) is 37.2 Å². The molecule has 0 fully saturated rings. The Labute approximate surface area is 99.1 Å². The van der Waals surface area contributed by atoms with E-state index in [1.165, 1.54) is 19.3 Å². The third-order valence-corrected chi connectivity index (χ3v) is 2.96. The lowest BCUT2D eigenvalue weighted by Crippen LogP contribution is -2.06. The fourth-order valence-corrected chi connectivity index (χ4v) is 2.03. The van der Waals surface area contributed by atoms with Crippen molar-refractivity contribution in [2.75, 3.05) is 5.73 Å². The van der Waals surface area contributed by atoms with E-state index in [1.807, 2.05) is 0 Å². The topological polar surface area (TPSA) is 43.8 Å². The summed E-state index contributed by atoms with van der Waals surface area (Å²) in [6.07, 6.45) is 4.71. The van der Waals surface area contributed by atoms with Crippen molar-refractivity contribution in [3.8, 4) is 0 Å². The van der Waals surface area contributed by atoms with Gasteiger partial charge in [0.25, 0.3) is 0 Å². The van der Waals surface area contributed by atoms with Gasteiger partial charge < -0.3 is 10.3 Å². The summed E-state index contributed by atoms with van der Waals surface area (Å²) in [5, 5.41) is 0. The van der Waals surface area contributed by atoms with Crippen LogP contribution >= 0.6 is 0 Å². The molecule has 92 valence electrons. The monoisotopic (exact) mass is 223 g/mol. The molecule has 0 saturated carbocycles. The average molecular weight is 223 g/mol. The summed E-state index contributed by atoms with van der Waals surface area (Å²) < 4.78 is 2.14. The van der Waals surface area contributed by atoms with Crippen LogP contribution in [-0.2, 0) is 13.0 Å². The number of imidazole rings is 1. The van der Waals surface area contributed by atoms with Crippen LogP contribution in [0.1, 0.15) is 64.4 Å². The molecule has 1 rings (SSSR count). The molecule has 1 heterocycles. The first-order valence-electron chi connectivity index (χ1n) is 6.46. The molecular weight excluding hydrogens is 198 g/mol. The number of unbranched alkanes of at least 4 members (excludes halogenated alkanes) is 2. The van der Waals surface area contributed by atoms with E-state index in [4.69, 9.17) is 5.73 Å². The molecule has 0 spiro atoms. The number of aromatic nitrogens is 2. The van der Waals surface area contributed by atoms with Gasteiger partial charge in [-0.3, -0.25) is 0 Å². The Hall–Kier alpha value is -0.990. The van der Waals surface area contributed by atoms with Crippen LogP contribution in [0.4, 0.5) is 5.82 Å². The Bertz CT molecular complexity index is 326. The molecule has 0 amide bonds. The summed E-state index contributed by atoms with van der Waals surface area (Å²) >= 11 is 0. The van der Waals surface area contributed by atoms with E-state index in [0.29, 0.717) is 5.92 Å². The molecule has 16 heavy (non-hydrogen) atoms. The molecule has 2 N–H and O–H groups in total. The van der Waals surface area contributed by atoms with E-state index in [-0.39, 0.29) is 0 Å². The van der Waals surface area contributed by atoms with Gasteiger partial charge in [0.2, 0.25) is 0 Å². The Morgan fingerprint density at radius 2 is 1.94 bits per heavy atom. The van der Waals surface area contributed by atoms with Gasteiger partial charge >= 0.3 is 0 Å². The number of nitrogen functional groups attached to an aromatic ring is 1. The second kappa shape index (κ2) is 5.92. The van der Waals surface area contributed by atoms with Gasteiger partial charge in [0, 0.05) is 12.5 Å². The van der Waals surface area contributed by atoms with Crippen molar-refractivity contribution in [3.05, 3.63) is 11.5 Å². The number of anilines is 1. The molecule has 3 nitrogen and oxygen atoms in total. The standard InChI is InChI=1S/C13H25N3/c1-5-7-8-9-11-12(14)16(6-2)13(15-11)10(3)4/h10H,5-9,14H2,1-4H3. The molecule has 0 unspecified atom stereocenters. The highest BCUT2D eigenvalue weighted by Crippen LogP contribution is 2.22. The van der Waals surface area contributed by atoms with Crippen LogP contribution in [0.2, 0.25) is 0 Å². The largest absolute Gasteiger partial charge is 0.384 e. The highest BCUT2D eigenvalue weighted by molar-refractivity contribution is 5.39. The van der Waals surface area contributed by atoms with Crippen molar-refractivity contribution in [2.45, 2.75) is 65.8 Å². The molecule has 1 aromatic rings. The fraction of sp³-hybridized carbons (Fsp3) is 0.769. The third kappa shape index (κ3) is 2.77. The molecule has 0 aliphatic rings. The van der Waals surface area contributed by atoms with E-state index in [0.717, 1.165) is 30.3 Å². The number of rotatable bonds is 6. The maximum atomic E-state index is 6.14. The Morgan fingerprint density at radius 3 is 2.38 bits per heavy atom. The first kappa shape index (κ1) is 13.1. The summed E-state index contributed by atoms with van der Waals surface area (Å²) in [5.74, 6) is 2.45. The van der Waals surface area contributed by atoms with Crippen LogP contribution in [0.5, 0.6) is 0 Å². The Kier molecular flexibility index (Phi) is 4.84. The second-order valence-electron chi connectivity index (χ2n) is 4.66. The van der Waals surface area contributed by atoms with Gasteiger partial charge in [-0.15, -0.1) is 0 Å². The quantitative estimate of drug-likeness (QED) is 0.752. The molecule has 0 aliphatic carbocycles. The van der Waals surface area contributed by atoms with Crippen LogP contribution in [0, 0.1) is 0 Å². The fourth-order valence-electron chi connectivity index (χ4n) is 2.03. The van der Waals surface area contributed by atoms with Crippen LogP contribution in [0.15, 0.2) is 0 Å². The first-order chi connectivity index (χ1) is 7.61. The number of nitrogens with zero attached hydrogens (tertiary/aromatic N) is 2. The van der Waals surface area contributed by atoms with Gasteiger partial charge in [-0.2, -0.15) is 0 Å². The summed E-state index contributed by atoms with van der Waals surface area (Å²) in [4.78, 5) is 4.69.